The van der Waals surface area contributed by atoms with Gasteiger partial charge >= 0.3 is 6.03 Å². The monoisotopic (exact) mass is 447 g/mol. The Labute approximate surface area is 189 Å². The van der Waals surface area contributed by atoms with Gasteiger partial charge in [-0.25, -0.2) is 9.69 Å². The van der Waals surface area contributed by atoms with Crippen LogP contribution in [0, 0.1) is 6.92 Å². The number of rotatable bonds is 6. The molecule has 2 N–H and O–H groups in total. The van der Waals surface area contributed by atoms with Gasteiger partial charge in [-0.05, 0) is 65.4 Å². The topological polar surface area (TPSA) is 87.7 Å². The van der Waals surface area contributed by atoms with E-state index in [1.807, 2.05) is 60.8 Å². The third kappa shape index (κ3) is 4.70. The van der Waals surface area contributed by atoms with Gasteiger partial charge in [0.05, 0.1) is 7.11 Å². The summed E-state index contributed by atoms with van der Waals surface area (Å²) in [6, 6.07) is 16.3. The fourth-order valence-electron chi connectivity index (χ4n) is 3.31. The first-order valence-electron chi connectivity index (χ1n) is 9.87. The zero-order valence-electron chi connectivity index (χ0n) is 17.5. The van der Waals surface area contributed by atoms with Crippen LogP contribution in [0.15, 0.2) is 65.7 Å². The van der Waals surface area contributed by atoms with Crippen molar-refractivity contribution < 1.29 is 19.1 Å². The number of benzene rings is 2. The first-order valence-corrected chi connectivity index (χ1v) is 10.7. The third-order valence-corrected chi connectivity index (χ3v) is 5.75. The lowest BCUT2D eigenvalue weighted by molar-refractivity contribution is -0.127. The molecule has 1 aliphatic rings. The van der Waals surface area contributed by atoms with Crippen LogP contribution in [0.4, 0.5) is 10.5 Å². The number of imide groups is 1. The fourth-order valence-corrected chi connectivity index (χ4v) is 4.16. The molecule has 2 aromatic carbocycles. The van der Waals surface area contributed by atoms with Crippen LogP contribution in [0.1, 0.15) is 10.4 Å². The summed E-state index contributed by atoms with van der Waals surface area (Å²) in [6.45, 7) is 1.55. The van der Waals surface area contributed by atoms with Gasteiger partial charge in [-0.1, -0.05) is 24.3 Å². The van der Waals surface area contributed by atoms with Gasteiger partial charge in [0, 0.05) is 10.6 Å². The molecule has 2 heterocycles. The Morgan fingerprint density at radius 2 is 1.94 bits per heavy atom. The molecule has 0 saturated carbocycles. The van der Waals surface area contributed by atoms with Crippen LogP contribution in [0.25, 0.3) is 17.2 Å². The summed E-state index contributed by atoms with van der Waals surface area (Å²) in [5.74, 6) is -0.228. The number of carbonyl (C=O) groups is 3. The van der Waals surface area contributed by atoms with Crippen LogP contribution >= 0.6 is 11.3 Å². The average molecular weight is 448 g/mol. The lowest BCUT2D eigenvalue weighted by atomic mass is 10.1. The Kier molecular flexibility index (Phi) is 6.04. The highest BCUT2D eigenvalue weighted by molar-refractivity contribution is 7.11. The van der Waals surface area contributed by atoms with Crippen molar-refractivity contribution in [3.63, 3.8) is 0 Å². The number of anilines is 1. The molecule has 4 amide bonds. The van der Waals surface area contributed by atoms with Crippen molar-refractivity contribution in [2.75, 3.05) is 19.0 Å². The van der Waals surface area contributed by atoms with Gasteiger partial charge < -0.3 is 15.4 Å². The molecule has 0 radical (unpaired) electrons. The molecule has 3 aromatic rings. The Hall–Kier alpha value is -3.91. The molecule has 1 fully saturated rings. The molecule has 8 heteroatoms. The van der Waals surface area contributed by atoms with Crippen LogP contribution in [0.2, 0.25) is 0 Å². The number of carbonyl (C=O) groups excluding carboxylic acids is 3. The Balaban J connectivity index is 1.45. The number of hydrogen-bond acceptors (Lipinski definition) is 5. The van der Waals surface area contributed by atoms with Crippen molar-refractivity contribution in [2.24, 2.45) is 0 Å². The molecule has 0 unspecified atom stereocenters. The van der Waals surface area contributed by atoms with Gasteiger partial charge in [-0.2, -0.15) is 0 Å². The van der Waals surface area contributed by atoms with Crippen molar-refractivity contribution >= 4 is 40.9 Å². The van der Waals surface area contributed by atoms with E-state index in [9.17, 15) is 14.4 Å². The van der Waals surface area contributed by atoms with Gasteiger partial charge in [-0.15, -0.1) is 11.3 Å². The molecule has 1 aliphatic heterocycles. The number of nitrogens with one attached hydrogen (secondary N) is 2. The van der Waals surface area contributed by atoms with Crippen LogP contribution in [-0.2, 0) is 9.59 Å². The van der Waals surface area contributed by atoms with Crippen molar-refractivity contribution in [3.05, 3.63) is 76.1 Å². The second-order valence-electron chi connectivity index (χ2n) is 7.27. The first kappa shape index (κ1) is 21.3. The second kappa shape index (κ2) is 9.07. The number of methoxy groups -OCH3 is 1. The van der Waals surface area contributed by atoms with Gasteiger partial charge in [-0.3, -0.25) is 9.59 Å². The second-order valence-corrected chi connectivity index (χ2v) is 8.21. The van der Waals surface area contributed by atoms with Crippen LogP contribution in [0.5, 0.6) is 5.75 Å². The smallest absolute Gasteiger partial charge is 0.329 e. The summed E-state index contributed by atoms with van der Waals surface area (Å²) in [7, 11) is 1.61. The maximum atomic E-state index is 12.7. The lowest BCUT2D eigenvalue weighted by Gasteiger charge is -2.12. The van der Waals surface area contributed by atoms with E-state index in [4.69, 9.17) is 4.74 Å². The SMILES string of the molecule is COc1cccc(-c2csc(C=C3NC(=O)N(CC(=O)Nc4cccc(C)c4)C3=O)c2)c1. The van der Waals surface area contributed by atoms with E-state index in [2.05, 4.69) is 10.6 Å². The number of thiophene rings is 1. The molecule has 0 spiro atoms. The lowest BCUT2D eigenvalue weighted by Crippen LogP contribution is -2.38. The van der Waals surface area contributed by atoms with Gasteiger partial charge in [0.15, 0.2) is 0 Å². The summed E-state index contributed by atoms with van der Waals surface area (Å²) in [6.07, 6.45) is 1.62. The summed E-state index contributed by atoms with van der Waals surface area (Å²) in [4.78, 5) is 39.0. The molecular weight excluding hydrogens is 426 g/mol. The largest absolute Gasteiger partial charge is 0.497 e. The minimum Gasteiger partial charge on any atom is -0.497 e. The van der Waals surface area contributed by atoms with Crippen molar-refractivity contribution in [3.8, 4) is 16.9 Å². The van der Waals surface area contributed by atoms with Crippen molar-refractivity contribution in [2.45, 2.75) is 6.92 Å². The summed E-state index contributed by atoms with van der Waals surface area (Å²) in [5, 5.41) is 7.23. The van der Waals surface area contributed by atoms with Crippen LogP contribution < -0.4 is 15.4 Å². The first-order chi connectivity index (χ1) is 15.4. The fraction of sp³-hybridized carbons (Fsp3) is 0.125. The number of amides is 4. The van der Waals surface area contributed by atoms with E-state index in [0.717, 1.165) is 32.2 Å². The van der Waals surface area contributed by atoms with E-state index in [0.29, 0.717) is 5.69 Å². The van der Waals surface area contributed by atoms with Crippen molar-refractivity contribution in [1.29, 1.82) is 0 Å². The molecule has 162 valence electrons. The molecular formula is C24H21N3O4S. The predicted molar refractivity (Wildman–Crippen MR) is 124 cm³/mol. The zero-order chi connectivity index (χ0) is 22.7. The van der Waals surface area contributed by atoms with Crippen LogP contribution in [-0.4, -0.2) is 36.4 Å². The average Bonchev–Trinajstić information content (AvgIpc) is 3.34. The Morgan fingerprint density at radius 1 is 1.12 bits per heavy atom. The number of aryl methyl sites for hydroxylation is 1. The summed E-state index contributed by atoms with van der Waals surface area (Å²) >= 11 is 1.45. The maximum absolute atomic E-state index is 12.7. The standard InChI is InChI=1S/C24H21N3O4S/c1-15-5-3-7-18(9-15)25-22(28)13-27-23(29)21(26-24(27)30)12-20-11-17(14-32-20)16-6-4-8-19(10-16)31-2/h3-12,14H,13H2,1-2H3,(H,25,28)(H,26,30). The van der Waals surface area contributed by atoms with Crippen molar-refractivity contribution in [1.82, 2.24) is 10.2 Å². The number of urea groups is 1. The minimum atomic E-state index is -0.620. The molecule has 4 rings (SSSR count). The molecule has 0 aliphatic carbocycles. The molecule has 0 atom stereocenters. The number of ether oxygens (including phenoxy) is 1. The minimum absolute atomic E-state index is 0.136. The Bertz CT molecular complexity index is 1230. The highest BCUT2D eigenvalue weighted by atomic mass is 32.1. The highest BCUT2D eigenvalue weighted by Gasteiger charge is 2.35. The van der Waals surface area contributed by atoms with E-state index in [1.165, 1.54) is 11.3 Å². The summed E-state index contributed by atoms with van der Waals surface area (Å²) in [5.41, 5.74) is 3.71. The molecule has 1 saturated heterocycles. The van der Waals surface area contributed by atoms with E-state index < -0.39 is 17.8 Å². The maximum Gasteiger partial charge on any atom is 0.329 e. The molecule has 1 aromatic heterocycles. The van der Waals surface area contributed by atoms with E-state index >= 15 is 0 Å². The summed E-state index contributed by atoms with van der Waals surface area (Å²) < 4.78 is 5.26. The van der Waals surface area contributed by atoms with Gasteiger partial charge in [0.2, 0.25) is 5.91 Å². The highest BCUT2D eigenvalue weighted by Crippen LogP contribution is 2.29. The number of nitrogens with zero attached hydrogens (tertiary/aromatic N) is 1. The zero-order valence-corrected chi connectivity index (χ0v) is 18.4. The third-order valence-electron chi connectivity index (χ3n) is 4.88. The molecule has 32 heavy (non-hydrogen) atoms. The normalized spacial score (nSPS) is 14.6. The molecule has 0 bridgehead atoms. The number of hydrogen-bond donors (Lipinski definition) is 2. The Morgan fingerprint density at radius 3 is 2.72 bits per heavy atom. The van der Waals surface area contributed by atoms with Gasteiger partial charge in [0.1, 0.15) is 18.0 Å². The van der Waals surface area contributed by atoms with Gasteiger partial charge in [0.25, 0.3) is 5.91 Å². The van der Waals surface area contributed by atoms with E-state index in [1.54, 1.807) is 19.3 Å². The van der Waals surface area contributed by atoms with E-state index in [-0.39, 0.29) is 12.2 Å². The van der Waals surface area contributed by atoms with Crippen LogP contribution in [0.3, 0.4) is 0 Å². The predicted octanol–water partition coefficient (Wildman–Crippen LogP) is 4.26. The molecule has 7 nitrogen and oxygen atoms in total. The quantitative estimate of drug-likeness (QED) is 0.437.